The lowest BCUT2D eigenvalue weighted by Crippen LogP contribution is -2.26. The number of hydrogen-bond donors (Lipinski definition) is 1. The fourth-order valence-corrected chi connectivity index (χ4v) is 4.33. The van der Waals surface area contributed by atoms with E-state index in [1.54, 1.807) is 14.2 Å². The first-order valence-electron chi connectivity index (χ1n) is 11.0. The van der Waals surface area contributed by atoms with E-state index in [-0.39, 0.29) is 11.6 Å². The van der Waals surface area contributed by atoms with Crippen molar-refractivity contribution in [1.29, 1.82) is 0 Å². The summed E-state index contributed by atoms with van der Waals surface area (Å²) < 4.78 is 18.1. The van der Waals surface area contributed by atoms with Gasteiger partial charge in [0.25, 0.3) is 5.91 Å². The number of aromatic nitrogens is 4. The molecular weight excluding hydrogens is 466 g/mol. The molecule has 9 nitrogen and oxygen atoms in total. The van der Waals surface area contributed by atoms with Crippen molar-refractivity contribution in [3.8, 4) is 17.2 Å². The summed E-state index contributed by atoms with van der Waals surface area (Å²) in [5, 5.41) is 12.1. The minimum Gasteiger partial charge on any atom is -0.493 e. The Hall–Kier alpha value is -3.79. The van der Waals surface area contributed by atoms with E-state index < -0.39 is 0 Å². The molecule has 0 radical (unpaired) electrons. The van der Waals surface area contributed by atoms with Crippen LogP contribution in [0.1, 0.15) is 33.3 Å². The van der Waals surface area contributed by atoms with E-state index in [2.05, 4.69) is 20.5 Å². The van der Waals surface area contributed by atoms with Gasteiger partial charge in [-0.3, -0.25) is 9.36 Å². The molecule has 1 N–H and O–H groups in total. The first-order valence-corrected chi connectivity index (χ1v) is 12.0. The molecule has 0 saturated carbocycles. The molecule has 0 aliphatic rings. The lowest BCUT2D eigenvalue weighted by Gasteiger charge is -2.09. The van der Waals surface area contributed by atoms with Crippen molar-refractivity contribution < 1.29 is 18.7 Å². The first kappa shape index (κ1) is 24.3. The number of amides is 1. The van der Waals surface area contributed by atoms with E-state index in [0.29, 0.717) is 36.1 Å². The van der Waals surface area contributed by atoms with Crippen LogP contribution in [0.25, 0.3) is 5.69 Å². The van der Waals surface area contributed by atoms with Crippen molar-refractivity contribution in [1.82, 2.24) is 25.1 Å². The third-order valence-electron chi connectivity index (χ3n) is 5.34. The molecule has 10 heteroatoms. The summed E-state index contributed by atoms with van der Waals surface area (Å²) in [4.78, 5) is 16.8. The van der Waals surface area contributed by atoms with Crippen molar-refractivity contribution in [3.05, 3.63) is 77.3 Å². The van der Waals surface area contributed by atoms with E-state index in [1.807, 2.05) is 60.9 Å². The monoisotopic (exact) mass is 493 g/mol. The number of nitrogens with zero attached hydrogens (tertiary/aromatic N) is 4. The van der Waals surface area contributed by atoms with Crippen LogP contribution in [0.4, 0.5) is 0 Å². The number of carbonyl (C=O) groups excluding carboxylic acids is 1. The van der Waals surface area contributed by atoms with Gasteiger partial charge in [-0.15, -0.1) is 10.2 Å². The second-order valence-electron chi connectivity index (χ2n) is 7.81. The number of oxazole rings is 1. The highest BCUT2D eigenvalue weighted by molar-refractivity contribution is 7.98. The number of methoxy groups -OCH3 is 2. The maximum absolute atomic E-state index is 12.5. The van der Waals surface area contributed by atoms with Gasteiger partial charge in [0.2, 0.25) is 5.89 Å². The van der Waals surface area contributed by atoms with Crippen LogP contribution in [-0.2, 0) is 12.2 Å². The molecule has 4 aromatic rings. The SMILES string of the molecule is COc1ccc(CCNC(=O)c2coc(CSc3nnc(C)n3-c3ccc(C)cc3)n2)cc1OC. The van der Waals surface area contributed by atoms with Gasteiger partial charge < -0.3 is 19.2 Å². The largest absolute Gasteiger partial charge is 0.493 e. The summed E-state index contributed by atoms with van der Waals surface area (Å²) in [5.41, 5.74) is 3.43. The van der Waals surface area contributed by atoms with Gasteiger partial charge in [-0.25, -0.2) is 4.98 Å². The van der Waals surface area contributed by atoms with Crippen LogP contribution in [-0.4, -0.2) is 46.4 Å². The minimum atomic E-state index is -0.288. The summed E-state index contributed by atoms with van der Waals surface area (Å²) in [6.45, 7) is 4.40. The van der Waals surface area contributed by atoms with E-state index in [4.69, 9.17) is 13.9 Å². The molecule has 2 aromatic heterocycles. The number of ether oxygens (including phenoxy) is 2. The summed E-state index contributed by atoms with van der Waals surface area (Å²) in [6, 6.07) is 13.8. The van der Waals surface area contributed by atoms with Crippen molar-refractivity contribution in [2.45, 2.75) is 31.2 Å². The van der Waals surface area contributed by atoms with E-state index in [9.17, 15) is 4.79 Å². The molecule has 182 valence electrons. The van der Waals surface area contributed by atoms with E-state index >= 15 is 0 Å². The second kappa shape index (κ2) is 11.1. The fourth-order valence-electron chi connectivity index (χ4n) is 3.48. The van der Waals surface area contributed by atoms with Crippen LogP contribution in [0.2, 0.25) is 0 Å². The number of hydrogen-bond acceptors (Lipinski definition) is 8. The lowest BCUT2D eigenvalue weighted by atomic mass is 10.1. The van der Waals surface area contributed by atoms with Crippen LogP contribution < -0.4 is 14.8 Å². The van der Waals surface area contributed by atoms with Gasteiger partial charge in [0.05, 0.1) is 20.0 Å². The molecule has 0 bridgehead atoms. The van der Waals surface area contributed by atoms with Crippen LogP contribution in [0.5, 0.6) is 11.5 Å². The van der Waals surface area contributed by atoms with E-state index in [0.717, 1.165) is 22.2 Å². The average Bonchev–Trinajstić information content (AvgIpc) is 3.49. The molecule has 0 aliphatic carbocycles. The van der Waals surface area contributed by atoms with Crippen LogP contribution in [0, 0.1) is 13.8 Å². The average molecular weight is 494 g/mol. The quantitative estimate of drug-likeness (QED) is 0.329. The van der Waals surface area contributed by atoms with Crippen LogP contribution >= 0.6 is 11.8 Å². The zero-order chi connectivity index (χ0) is 24.8. The molecule has 2 aromatic carbocycles. The molecule has 4 rings (SSSR count). The van der Waals surface area contributed by atoms with Gasteiger partial charge in [-0.05, 0) is 50.1 Å². The number of thioether (sulfide) groups is 1. The molecule has 1 amide bonds. The summed E-state index contributed by atoms with van der Waals surface area (Å²) in [5.74, 6) is 2.69. The fraction of sp³-hybridized carbons (Fsp3) is 0.280. The molecule has 0 spiro atoms. The summed E-state index contributed by atoms with van der Waals surface area (Å²) >= 11 is 1.45. The topological polar surface area (TPSA) is 104 Å². The number of carbonyl (C=O) groups is 1. The Morgan fingerprint density at radius 1 is 1.06 bits per heavy atom. The predicted octanol–water partition coefficient (Wildman–Crippen LogP) is 4.15. The predicted molar refractivity (Wildman–Crippen MR) is 132 cm³/mol. The number of nitrogens with one attached hydrogen (secondary N) is 1. The minimum absolute atomic E-state index is 0.240. The summed E-state index contributed by atoms with van der Waals surface area (Å²) in [6.07, 6.45) is 2.01. The standard InChI is InChI=1S/C25H27N5O4S/c1-16-5-8-19(9-6-16)30-17(2)28-29-25(30)35-15-23-27-20(14-34-23)24(31)26-12-11-18-7-10-21(32-3)22(13-18)33-4/h5-10,13-14H,11-12,15H2,1-4H3,(H,26,31). The molecule has 0 saturated heterocycles. The van der Waals surface area contributed by atoms with Crippen molar-refractivity contribution in [2.24, 2.45) is 0 Å². The first-order chi connectivity index (χ1) is 17.0. The zero-order valence-electron chi connectivity index (χ0n) is 20.1. The molecule has 0 unspecified atom stereocenters. The lowest BCUT2D eigenvalue weighted by molar-refractivity contribution is 0.0949. The Morgan fingerprint density at radius 2 is 1.83 bits per heavy atom. The van der Waals surface area contributed by atoms with Gasteiger partial charge in [0.15, 0.2) is 22.3 Å². The maximum Gasteiger partial charge on any atom is 0.273 e. The molecule has 0 fully saturated rings. The third kappa shape index (κ3) is 5.83. The number of rotatable bonds is 10. The molecular formula is C25H27N5O4S. The molecule has 0 atom stereocenters. The van der Waals surface area contributed by atoms with Crippen molar-refractivity contribution in [3.63, 3.8) is 0 Å². The number of aryl methyl sites for hydroxylation is 2. The highest BCUT2D eigenvalue weighted by Crippen LogP contribution is 2.28. The van der Waals surface area contributed by atoms with Gasteiger partial charge in [0.1, 0.15) is 12.1 Å². The Labute approximate surface area is 207 Å². The van der Waals surface area contributed by atoms with E-state index in [1.165, 1.54) is 23.6 Å². The van der Waals surface area contributed by atoms with Crippen molar-refractivity contribution >= 4 is 17.7 Å². The maximum atomic E-state index is 12.5. The van der Waals surface area contributed by atoms with Crippen LogP contribution in [0.3, 0.4) is 0 Å². The Morgan fingerprint density at radius 3 is 2.57 bits per heavy atom. The summed E-state index contributed by atoms with van der Waals surface area (Å²) in [7, 11) is 3.19. The zero-order valence-corrected chi connectivity index (χ0v) is 20.9. The Bertz CT molecular complexity index is 1300. The van der Waals surface area contributed by atoms with Gasteiger partial charge in [-0.2, -0.15) is 0 Å². The highest BCUT2D eigenvalue weighted by atomic mass is 32.2. The van der Waals surface area contributed by atoms with Crippen LogP contribution in [0.15, 0.2) is 58.3 Å². The van der Waals surface area contributed by atoms with Crippen molar-refractivity contribution in [2.75, 3.05) is 20.8 Å². The molecule has 0 aliphatic heterocycles. The molecule has 2 heterocycles. The molecule has 35 heavy (non-hydrogen) atoms. The smallest absolute Gasteiger partial charge is 0.273 e. The normalized spacial score (nSPS) is 10.9. The number of benzene rings is 2. The highest BCUT2D eigenvalue weighted by Gasteiger charge is 2.16. The second-order valence-corrected chi connectivity index (χ2v) is 8.75. The van der Waals surface area contributed by atoms with Gasteiger partial charge in [0, 0.05) is 12.2 Å². The third-order valence-corrected chi connectivity index (χ3v) is 6.26. The Balaban J connectivity index is 1.32. The van der Waals surface area contributed by atoms with Gasteiger partial charge in [-0.1, -0.05) is 35.5 Å². The Kier molecular flexibility index (Phi) is 7.71. The van der Waals surface area contributed by atoms with Gasteiger partial charge >= 0.3 is 0 Å².